The Morgan fingerprint density at radius 2 is 1.96 bits per heavy atom. The van der Waals surface area contributed by atoms with Gasteiger partial charge in [-0.2, -0.15) is 0 Å². The molecule has 0 radical (unpaired) electrons. The lowest BCUT2D eigenvalue weighted by atomic mass is 10.1. The average molecular weight is 318 g/mol. The molecule has 0 spiro atoms. The van der Waals surface area contributed by atoms with Crippen LogP contribution in [0.15, 0.2) is 42.5 Å². The summed E-state index contributed by atoms with van der Waals surface area (Å²) in [5.41, 5.74) is 1.38. The van der Waals surface area contributed by atoms with Crippen LogP contribution in [0.5, 0.6) is 5.75 Å². The van der Waals surface area contributed by atoms with Crippen molar-refractivity contribution in [3.63, 3.8) is 0 Å². The zero-order valence-corrected chi connectivity index (χ0v) is 13.0. The molecule has 1 amide bonds. The lowest BCUT2D eigenvalue weighted by Crippen LogP contribution is -2.21. The van der Waals surface area contributed by atoms with Crippen molar-refractivity contribution >= 4 is 17.3 Å². The number of ether oxygens (including phenoxy) is 1. The van der Waals surface area contributed by atoms with Gasteiger partial charge in [0.25, 0.3) is 5.91 Å². The summed E-state index contributed by atoms with van der Waals surface area (Å²) in [6.45, 7) is 0.574. The largest absolute Gasteiger partial charge is 0.494 e. The van der Waals surface area contributed by atoms with E-state index in [1.54, 1.807) is 18.2 Å². The predicted molar refractivity (Wildman–Crippen MR) is 87.7 cm³/mol. The highest BCUT2D eigenvalue weighted by Crippen LogP contribution is 2.22. The van der Waals surface area contributed by atoms with Gasteiger partial charge in [-0.3, -0.25) is 4.79 Å². The number of benzene rings is 2. The fourth-order valence-corrected chi connectivity index (χ4v) is 2.12. The maximum absolute atomic E-state index is 14.1. The second kappa shape index (κ2) is 7.60. The topological polar surface area (TPSA) is 61.8 Å². The lowest BCUT2D eigenvalue weighted by molar-refractivity contribution is 0.102. The van der Waals surface area contributed by atoms with Crippen molar-refractivity contribution in [2.75, 3.05) is 37.5 Å². The smallest absolute Gasteiger partial charge is 0.258 e. The number of nitrogens with one attached hydrogen (secondary N) is 1. The van der Waals surface area contributed by atoms with Gasteiger partial charge >= 0.3 is 0 Å². The number of rotatable bonds is 6. The Morgan fingerprint density at radius 1 is 1.26 bits per heavy atom. The van der Waals surface area contributed by atoms with Gasteiger partial charge in [-0.25, -0.2) is 4.39 Å². The number of likely N-dealkylation sites (N-methyl/N-ethyl adjacent to an activating group) is 1. The summed E-state index contributed by atoms with van der Waals surface area (Å²) < 4.78 is 18.9. The highest BCUT2D eigenvalue weighted by atomic mass is 19.1. The van der Waals surface area contributed by atoms with E-state index in [4.69, 9.17) is 9.84 Å². The number of carbonyl (C=O) groups excluding carboxylic acids is 1. The summed E-state index contributed by atoms with van der Waals surface area (Å²) in [5.74, 6) is -1.21. The number of methoxy groups -OCH3 is 1. The fraction of sp³-hybridized carbons (Fsp3) is 0.235. The van der Waals surface area contributed by atoms with Gasteiger partial charge in [0.1, 0.15) is 0 Å². The van der Waals surface area contributed by atoms with Gasteiger partial charge in [-0.1, -0.05) is 6.07 Å². The third-order valence-corrected chi connectivity index (χ3v) is 3.43. The molecule has 2 aromatic rings. The van der Waals surface area contributed by atoms with Crippen LogP contribution in [-0.4, -0.2) is 38.3 Å². The first kappa shape index (κ1) is 16.8. The summed E-state index contributed by atoms with van der Waals surface area (Å²) in [5, 5.41) is 11.6. The highest BCUT2D eigenvalue weighted by molar-refractivity contribution is 6.04. The van der Waals surface area contributed by atoms with Gasteiger partial charge in [0.2, 0.25) is 0 Å². The maximum atomic E-state index is 14.1. The quantitative estimate of drug-likeness (QED) is 0.859. The molecule has 0 atom stereocenters. The van der Waals surface area contributed by atoms with Crippen LogP contribution in [-0.2, 0) is 0 Å². The zero-order chi connectivity index (χ0) is 16.8. The van der Waals surface area contributed by atoms with Gasteiger partial charge in [0.15, 0.2) is 11.6 Å². The SMILES string of the molecule is COc1cccc(C(=O)Nc2ccc(N(C)CCO)cc2)c1F. The van der Waals surface area contributed by atoms with Crippen molar-refractivity contribution < 1.29 is 19.0 Å². The first-order chi connectivity index (χ1) is 11.1. The molecule has 0 fully saturated rings. The molecule has 23 heavy (non-hydrogen) atoms. The van der Waals surface area contributed by atoms with Crippen LogP contribution in [0.3, 0.4) is 0 Å². The molecule has 0 aliphatic carbocycles. The van der Waals surface area contributed by atoms with E-state index >= 15 is 0 Å². The first-order valence-electron chi connectivity index (χ1n) is 7.12. The molecule has 5 nitrogen and oxygen atoms in total. The van der Waals surface area contributed by atoms with Crippen LogP contribution in [0.2, 0.25) is 0 Å². The zero-order valence-electron chi connectivity index (χ0n) is 13.0. The van der Waals surface area contributed by atoms with E-state index in [9.17, 15) is 9.18 Å². The van der Waals surface area contributed by atoms with E-state index in [1.807, 2.05) is 24.1 Å². The van der Waals surface area contributed by atoms with Gasteiger partial charge < -0.3 is 20.1 Å². The van der Waals surface area contributed by atoms with Gasteiger partial charge in [-0.15, -0.1) is 0 Å². The number of carbonyl (C=O) groups is 1. The summed E-state index contributed by atoms with van der Waals surface area (Å²) in [6.07, 6.45) is 0. The highest BCUT2D eigenvalue weighted by Gasteiger charge is 2.15. The minimum Gasteiger partial charge on any atom is -0.494 e. The third-order valence-electron chi connectivity index (χ3n) is 3.43. The van der Waals surface area contributed by atoms with E-state index in [2.05, 4.69) is 5.32 Å². The van der Waals surface area contributed by atoms with E-state index in [1.165, 1.54) is 19.2 Å². The number of amides is 1. The number of aliphatic hydroxyl groups is 1. The molecule has 122 valence electrons. The van der Waals surface area contributed by atoms with Crippen molar-refractivity contribution in [2.45, 2.75) is 0 Å². The Labute approximate surface area is 134 Å². The summed E-state index contributed by atoms with van der Waals surface area (Å²) in [6, 6.07) is 11.5. The molecular weight excluding hydrogens is 299 g/mol. The molecule has 0 saturated carbocycles. The minimum absolute atomic E-state index is 0.0265. The van der Waals surface area contributed by atoms with Crippen LogP contribution in [0.25, 0.3) is 0 Å². The standard InChI is InChI=1S/C17H19FN2O3/c1-20(10-11-21)13-8-6-12(7-9-13)19-17(22)14-4-3-5-15(23-2)16(14)18/h3-9,21H,10-11H2,1-2H3,(H,19,22). The first-order valence-corrected chi connectivity index (χ1v) is 7.12. The van der Waals surface area contributed by atoms with Gasteiger partial charge in [0.05, 0.1) is 19.3 Å². The molecule has 0 aliphatic rings. The summed E-state index contributed by atoms with van der Waals surface area (Å²) in [4.78, 5) is 14.1. The number of aliphatic hydroxyl groups excluding tert-OH is 1. The lowest BCUT2D eigenvalue weighted by Gasteiger charge is -2.18. The second-order valence-corrected chi connectivity index (χ2v) is 4.97. The van der Waals surface area contributed by atoms with Crippen LogP contribution in [0.4, 0.5) is 15.8 Å². The van der Waals surface area contributed by atoms with E-state index in [0.717, 1.165) is 5.69 Å². The number of halogens is 1. The number of anilines is 2. The molecule has 0 unspecified atom stereocenters. The predicted octanol–water partition coefficient (Wildman–Crippen LogP) is 2.52. The molecule has 0 heterocycles. The van der Waals surface area contributed by atoms with Gasteiger partial charge in [0, 0.05) is 25.0 Å². The number of nitrogens with zero attached hydrogens (tertiary/aromatic N) is 1. The minimum atomic E-state index is -0.688. The van der Waals surface area contributed by atoms with E-state index in [-0.39, 0.29) is 17.9 Å². The summed E-state index contributed by atoms with van der Waals surface area (Å²) in [7, 11) is 3.21. The Morgan fingerprint density at radius 3 is 2.57 bits per heavy atom. The van der Waals surface area contributed by atoms with Crippen molar-refractivity contribution in [3.8, 4) is 5.75 Å². The molecule has 0 bridgehead atoms. The fourth-order valence-electron chi connectivity index (χ4n) is 2.12. The van der Waals surface area contributed by atoms with Crippen molar-refractivity contribution in [1.82, 2.24) is 0 Å². The van der Waals surface area contributed by atoms with Gasteiger partial charge in [-0.05, 0) is 36.4 Å². The van der Waals surface area contributed by atoms with E-state index in [0.29, 0.717) is 12.2 Å². The Balaban J connectivity index is 2.12. The Hall–Kier alpha value is -2.60. The normalized spacial score (nSPS) is 10.3. The molecular formula is C17H19FN2O3. The van der Waals surface area contributed by atoms with Crippen LogP contribution >= 0.6 is 0 Å². The van der Waals surface area contributed by atoms with Crippen molar-refractivity contribution in [3.05, 3.63) is 53.8 Å². The molecule has 2 aromatic carbocycles. The van der Waals surface area contributed by atoms with Crippen LogP contribution < -0.4 is 15.0 Å². The Kier molecular flexibility index (Phi) is 5.54. The third kappa shape index (κ3) is 3.98. The van der Waals surface area contributed by atoms with Crippen LogP contribution in [0.1, 0.15) is 10.4 Å². The number of hydrogen-bond donors (Lipinski definition) is 2. The molecule has 0 aromatic heterocycles. The molecule has 6 heteroatoms. The molecule has 0 aliphatic heterocycles. The summed E-state index contributed by atoms with van der Waals surface area (Å²) >= 11 is 0. The monoisotopic (exact) mass is 318 g/mol. The van der Waals surface area contributed by atoms with Crippen molar-refractivity contribution in [1.29, 1.82) is 0 Å². The molecule has 0 saturated heterocycles. The molecule has 2 rings (SSSR count). The average Bonchev–Trinajstić information content (AvgIpc) is 2.56. The maximum Gasteiger partial charge on any atom is 0.258 e. The Bertz CT molecular complexity index is 674. The molecule has 2 N–H and O–H groups in total. The van der Waals surface area contributed by atoms with E-state index < -0.39 is 11.7 Å². The second-order valence-electron chi connectivity index (χ2n) is 4.97. The number of hydrogen-bond acceptors (Lipinski definition) is 4. The van der Waals surface area contributed by atoms with Crippen molar-refractivity contribution in [2.24, 2.45) is 0 Å². The van der Waals surface area contributed by atoms with Crippen LogP contribution in [0, 0.1) is 5.82 Å².